The molecule has 2 unspecified atom stereocenters. The number of rotatable bonds is 3. The van der Waals surface area contributed by atoms with Crippen LogP contribution in [-0.2, 0) is 9.59 Å². The van der Waals surface area contributed by atoms with Crippen molar-refractivity contribution >= 4 is 11.9 Å². The monoisotopic (exact) mass is 305 g/mol. The van der Waals surface area contributed by atoms with Crippen molar-refractivity contribution in [3.8, 4) is 0 Å². The molecule has 0 bridgehead atoms. The minimum absolute atomic E-state index is 0. The maximum Gasteiger partial charge on any atom is 1.00 e. The van der Waals surface area contributed by atoms with Crippen LogP contribution in [0.5, 0.6) is 0 Å². The van der Waals surface area contributed by atoms with Crippen LogP contribution in [0.2, 0.25) is 0 Å². The number of carboxylic acids is 2. The maximum atomic E-state index is 9.63. The molecule has 10 nitrogen and oxygen atoms in total. The van der Waals surface area contributed by atoms with Crippen molar-refractivity contribution in [2.24, 2.45) is 0 Å². The zero-order valence-corrected chi connectivity index (χ0v) is 16.8. The molecule has 0 rings (SSSR count). The number of aliphatic hydroxyl groups is 2. The fourth-order valence-electron chi connectivity index (χ4n) is 0.258. The predicted octanol–water partition coefficient (Wildman–Crippen LogP) is -17.1. The van der Waals surface area contributed by atoms with Gasteiger partial charge >= 0.3 is 110 Å². The average Bonchev–Trinajstić information content (AvgIpc) is 1.84. The molecule has 0 saturated heterocycles. The summed E-state index contributed by atoms with van der Waals surface area (Å²) in [6.07, 6.45) is -4.88. The Labute approximate surface area is 183 Å². The summed E-state index contributed by atoms with van der Waals surface area (Å²) >= 11 is 0. The van der Waals surface area contributed by atoms with Gasteiger partial charge < -0.3 is 51.9 Å². The first-order valence-corrected chi connectivity index (χ1v) is 2.24. The quantitative estimate of drug-likeness (QED) is 0.478. The summed E-state index contributed by atoms with van der Waals surface area (Å²) in [7, 11) is 0. The molecule has 0 fully saturated rings. The Hall–Kier alpha value is 2.34. The Morgan fingerprint density at radius 1 is 0.765 bits per heavy atom. The molecular formula is C4H12KNa2O10+. The molecule has 0 aliphatic heterocycles. The zero-order chi connectivity index (χ0) is 8.31. The molecule has 0 aromatic rings. The molecule has 0 aromatic heterocycles. The molecule has 2 atom stereocenters. The predicted molar refractivity (Wildman–Crippen MR) is 36.5 cm³/mol. The van der Waals surface area contributed by atoms with Crippen LogP contribution in [0.15, 0.2) is 0 Å². The van der Waals surface area contributed by atoms with E-state index >= 15 is 0 Å². The van der Waals surface area contributed by atoms with Crippen LogP contribution in [-0.4, -0.2) is 56.3 Å². The van der Waals surface area contributed by atoms with Crippen molar-refractivity contribution in [2.45, 2.75) is 12.2 Å². The van der Waals surface area contributed by atoms with E-state index in [9.17, 15) is 19.8 Å². The van der Waals surface area contributed by atoms with Crippen molar-refractivity contribution in [1.29, 1.82) is 0 Å². The second kappa shape index (κ2) is 26.8. The first-order chi connectivity index (χ1) is 4.46. The normalized spacial score (nSPS) is 9.29. The second-order valence-electron chi connectivity index (χ2n) is 1.53. The molecule has 0 aliphatic carbocycles. The molecule has 10 N–H and O–H groups in total. The van der Waals surface area contributed by atoms with Gasteiger partial charge in [0.05, 0.1) is 11.9 Å². The standard InChI is InChI=1S/C4H6O6.K.2Na.4H2O/c5-1(3(7)8)2(6)4(9)10;;;;;;;/h1-2,5-6H,(H,7,8)(H,9,10);;;;4*1H2/q;3*+1;;;;/p-2. The third-order valence-electron chi connectivity index (χ3n) is 0.782. The maximum absolute atomic E-state index is 9.63. The van der Waals surface area contributed by atoms with Gasteiger partial charge in [-0.3, -0.25) is 0 Å². The van der Waals surface area contributed by atoms with Crippen LogP contribution in [0.4, 0.5) is 0 Å². The first kappa shape index (κ1) is 50.6. The van der Waals surface area contributed by atoms with Gasteiger partial charge in [-0.05, 0) is 0 Å². The SMILES string of the molecule is O.O.O.O.O=C([O-])C(O)C(O)C(=O)[O-].[K+].[Na+].[Na+]. The molecule has 90 valence electrons. The topological polar surface area (TPSA) is 247 Å². The summed E-state index contributed by atoms with van der Waals surface area (Å²) in [6, 6.07) is 0. The molecule has 0 heterocycles. The molecular weight excluding hydrogens is 293 g/mol. The number of aliphatic hydroxyl groups excluding tert-OH is 2. The van der Waals surface area contributed by atoms with Crippen LogP contribution in [0.1, 0.15) is 0 Å². The molecule has 0 amide bonds. The van der Waals surface area contributed by atoms with Gasteiger partial charge in [-0.25, -0.2) is 0 Å². The van der Waals surface area contributed by atoms with Crippen LogP contribution in [0.25, 0.3) is 0 Å². The van der Waals surface area contributed by atoms with Crippen LogP contribution >= 0.6 is 0 Å². The van der Waals surface area contributed by atoms with Gasteiger partial charge in [0.25, 0.3) is 0 Å². The van der Waals surface area contributed by atoms with Gasteiger partial charge in [0.15, 0.2) is 0 Å². The van der Waals surface area contributed by atoms with Crippen molar-refractivity contribution in [2.75, 3.05) is 0 Å². The van der Waals surface area contributed by atoms with E-state index in [2.05, 4.69) is 0 Å². The number of hydrogen-bond acceptors (Lipinski definition) is 6. The second-order valence-corrected chi connectivity index (χ2v) is 1.53. The summed E-state index contributed by atoms with van der Waals surface area (Å²) < 4.78 is 0. The average molecular weight is 305 g/mol. The third-order valence-corrected chi connectivity index (χ3v) is 0.782. The Bertz CT molecular complexity index is 150. The fourth-order valence-corrected chi connectivity index (χ4v) is 0.258. The first-order valence-electron chi connectivity index (χ1n) is 2.24. The summed E-state index contributed by atoms with van der Waals surface area (Å²) in [6.45, 7) is 0. The van der Waals surface area contributed by atoms with E-state index in [-0.39, 0.29) is 132 Å². The number of carbonyl (C=O) groups is 2. The van der Waals surface area contributed by atoms with Gasteiger partial charge in [-0.2, -0.15) is 0 Å². The van der Waals surface area contributed by atoms with Gasteiger partial charge in [-0.1, -0.05) is 0 Å². The van der Waals surface area contributed by atoms with Crippen molar-refractivity contribution in [1.82, 2.24) is 0 Å². The Balaban J connectivity index is -0.0000000193. The molecule has 0 aliphatic rings. The van der Waals surface area contributed by atoms with Crippen molar-refractivity contribution in [3.05, 3.63) is 0 Å². The number of aliphatic carboxylic acids is 2. The van der Waals surface area contributed by atoms with Crippen molar-refractivity contribution < 1.29 is 162 Å². The molecule has 13 heteroatoms. The van der Waals surface area contributed by atoms with Gasteiger partial charge in [0.2, 0.25) is 0 Å². The summed E-state index contributed by atoms with van der Waals surface area (Å²) in [4.78, 5) is 19.3. The van der Waals surface area contributed by atoms with E-state index in [1.54, 1.807) is 0 Å². The number of carbonyl (C=O) groups excluding carboxylic acids is 2. The molecule has 17 heavy (non-hydrogen) atoms. The molecule has 0 saturated carbocycles. The van der Waals surface area contributed by atoms with E-state index < -0.39 is 24.1 Å². The van der Waals surface area contributed by atoms with Crippen LogP contribution in [0, 0.1) is 0 Å². The Morgan fingerprint density at radius 2 is 0.882 bits per heavy atom. The van der Waals surface area contributed by atoms with E-state index in [0.29, 0.717) is 0 Å². The zero-order valence-electron chi connectivity index (χ0n) is 9.68. The summed E-state index contributed by atoms with van der Waals surface area (Å²) in [5, 5.41) is 35.7. The molecule has 0 aromatic carbocycles. The van der Waals surface area contributed by atoms with E-state index in [1.807, 2.05) is 0 Å². The van der Waals surface area contributed by atoms with E-state index in [4.69, 9.17) is 10.2 Å². The molecule has 0 spiro atoms. The smallest absolute Gasteiger partial charge is 0.547 e. The van der Waals surface area contributed by atoms with Crippen LogP contribution < -0.4 is 121 Å². The Morgan fingerprint density at radius 3 is 0.941 bits per heavy atom. The minimum atomic E-state index is -2.44. The number of hydrogen-bond donors (Lipinski definition) is 2. The summed E-state index contributed by atoms with van der Waals surface area (Å²) in [5.41, 5.74) is 0. The van der Waals surface area contributed by atoms with Crippen molar-refractivity contribution in [3.63, 3.8) is 0 Å². The van der Waals surface area contributed by atoms with E-state index in [1.165, 1.54) is 0 Å². The van der Waals surface area contributed by atoms with Gasteiger partial charge in [-0.15, -0.1) is 0 Å². The van der Waals surface area contributed by atoms with E-state index in [0.717, 1.165) is 0 Å². The number of carboxylic acid groups (broad SMARTS) is 2. The fraction of sp³-hybridized carbons (Fsp3) is 0.500. The summed E-state index contributed by atoms with van der Waals surface area (Å²) in [5.74, 6) is -4.12. The molecule has 0 radical (unpaired) electrons. The Kier molecular flexibility index (Phi) is 79.8. The third kappa shape index (κ3) is 23.8. The van der Waals surface area contributed by atoms with Gasteiger partial charge in [0, 0.05) is 0 Å². The van der Waals surface area contributed by atoms with Gasteiger partial charge in [0.1, 0.15) is 12.2 Å². The van der Waals surface area contributed by atoms with Crippen LogP contribution in [0.3, 0.4) is 0 Å². The largest absolute Gasteiger partial charge is 1.00 e. The minimum Gasteiger partial charge on any atom is -0.547 e.